The van der Waals surface area contributed by atoms with Crippen LogP contribution in [0, 0.1) is 0 Å². The first-order valence-electron chi connectivity index (χ1n) is 10.6. The fourth-order valence-electron chi connectivity index (χ4n) is 3.37. The minimum atomic E-state index is -3.72. The first-order valence-corrected chi connectivity index (χ1v) is 12.9. The predicted molar refractivity (Wildman–Crippen MR) is 135 cm³/mol. The Hall–Kier alpha value is -2.84. The molecule has 1 N–H and O–H groups in total. The Morgan fingerprint density at radius 3 is 2.30 bits per heavy atom. The molecular formula is C25H27BrN2O4S. The molecule has 0 atom stereocenters. The minimum Gasteiger partial charge on any atom is -0.483 e. The van der Waals surface area contributed by atoms with Crippen LogP contribution in [0.15, 0.2) is 82.2 Å². The summed E-state index contributed by atoms with van der Waals surface area (Å²) in [4.78, 5) is 12.5. The van der Waals surface area contributed by atoms with Gasteiger partial charge in [-0.15, -0.1) is 0 Å². The molecule has 0 aliphatic rings. The van der Waals surface area contributed by atoms with Crippen molar-refractivity contribution in [2.45, 2.75) is 31.6 Å². The van der Waals surface area contributed by atoms with Crippen molar-refractivity contribution in [1.82, 2.24) is 0 Å². The van der Waals surface area contributed by atoms with Gasteiger partial charge in [0.15, 0.2) is 6.61 Å². The van der Waals surface area contributed by atoms with Crippen molar-refractivity contribution in [3.63, 3.8) is 0 Å². The SMILES string of the molecule is CCN(c1ccccc1)S(=O)(=O)c1ccc(NC(=O)COc2ccc(Br)cc2C(C)C)cc1. The van der Waals surface area contributed by atoms with Crippen LogP contribution in [0.4, 0.5) is 11.4 Å². The zero-order chi connectivity index (χ0) is 24.0. The van der Waals surface area contributed by atoms with Crippen molar-refractivity contribution in [3.05, 3.63) is 82.8 Å². The number of halogens is 1. The third-order valence-electron chi connectivity index (χ3n) is 5.01. The largest absolute Gasteiger partial charge is 0.483 e. The Labute approximate surface area is 203 Å². The predicted octanol–water partition coefficient (Wildman–Crippen LogP) is 5.81. The Kier molecular flexibility index (Phi) is 8.15. The molecular weight excluding hydrogens is 504 g/mol. The molecule has 6 nitrogen and oxygen atoms in total. The molecule has 3 rings (SSSR count). The number of carbonyl (C=O) groups is 1. The van der Waals surface area contributed by atoms with Crippen LogP contribution in [-0.4, -0.2) is 27.5 Å². The van der Waals surface area contributed by atoms with E-state index in [-0.39, 0.29) is 23.3 Å². The minimum absolute atomic E-state index is 0.152. The van der Waals surface area contributed by atoms with Crippen molar-refractivity contribution in [3.8, 4) is 5.75 Å². The Morgan fingerprint density at radius 1 is 1.03 bits per heavy atom. The molecule has 0 aliphatic carbocycles. The lowest BCUT2D eigenvalue weighted by molar-refractivity contribution is -0.118. The van der Waals surface area contributed by atoms with Crippen LogP contribution in [0.2, 0.25) is 0 Å². The highest BCUT2D eigenvalue weighted by atomic mass is 79.9. The van der Waals surface area contributed by atoms with Gasteiger partial charge in [0.1, 0.15) is 5.75 Å². The number of hydrogen-bond acceptors (Lipinski definition) is 4. The standard InChI is InChI=1S/C25H27BrN2O4S/c1-4-28(21-8-6-5-7-9-21)33(30,31)22-13-11-20(12-14-22)27-25(29)17-32-24-15-10-19(26)16-23(24)18(2)3/h5-16,18H,4,17H2,1-3H3,(H,27,29). The van der Waals surface area contributed by atoms with Crippen molar-refractivity contribution in [1.29, 1.82) is 0 Å². The summed E-state index contributed by atoms with van der Waals surface area (Å²) in [6.45, 7) is 6.05. The smallest absolute Gasteiger partial charge is 0.264 e. The number of rotatable bonds is 9. The fraction of sp³-hybridized carbons (Fsp3) is 0.240. The van der Waals surface area contributed by atoms with E-state index in [1.165, 1.54) is 16.4 Å². The van der Waals surface area contributed by atoms with Crippen molar-refractivity contribution < 1.29 is 17.9 Å². The highest BCUT2D eigenvalue weighted by Gasteiger charge is 2.23. The average molecular weight is 531 g/mol. The lowest BCUT2D eigenvalue weighted by Crippen LogP contribution is -2.30. The van der Waals surface area contributed by atoms with Gasteiger partial charge in [-0.05, 0) is 73.0 Å². The number of benzene rings is 3. The van der Waals surface area contributed by atoms with E-state index < -0.39 is 10.0 Å². The Morgan fingerprint density at radius 2 is 1.70 bits per heavy atom. The van der Waals surface area contributed by atoms with E-state index in [4.69, 9.17) is 4.74 Å². The maximum absolute atomic E-state index is 13.1. The van der Waals surface area contributed by atoms with E-state index in [2.05, 4.69) is 35.1 Å². The summed E-state index contributed by atoms with van der Waals surface area (Å²) in [5.41, 5.74) is 2.10. The van der Waals surface area contributed by atoms with Gasteiger partial charge in [-0.2, -0.15) is 0 Å². The van der Waals surface area contributed by atoms with E-state index in [1.807, 2.05) is 24.3 Å². The molecule has 33 heavy (non-hydrogen) atoms. The molecule has 0 spiro atoms. The number of ether oxygens (including phenoxy) is 1. The second-order valence-corrected chi connectivity index (χ2v) is 10.5. The van der Waals surface area contributed by atoms with Crippen molar-refractivity contribution in [2.75, 3.05) is 22.8 Å². The van der Waals surface area contributed by atoms with Crippen LogP contribution < -0.4 is 14.4 Å². The van der Waals surface area contributed by atoms with Crippen molar-refractivity contribution >= 4 is 43.2 Å². The maximum Gasteiger partial charge on any atom is 0.264 e. The number of sulfonamides is 1. The molecule has 0 heterocycles. The van der Waals surface area contributed by atoms with Crippen molar-refractivity contribution in [2.24, 2.45) is 0 Å². The number of para-hydroxylation sites is 1. The molecule has 3 aromatic rings. The van der Waals surface area contributed by atoms with Crippen LogP contribution in [0.3, 0.4) is 0 Å². The normalized spacial score (nSPS) is 11.3. The number of nitrogens with one attached hydrogen (secondary N) is 1. The summed E-state index contributed by atoms with van der Waals surface area (Å²) < 4.78 is 34.2. The fourth-order valence-corrected chi connectivity index (χ4v) is 5.22. The van der Waals surface area contributed by atoms with Crippen LogP contribution in [0.25, 0.3) is 0 Å². The van der Waals surface area contributed by atoms with Gasteiger partial charge in [-0.1, -0.05) is 48.0 Å². The van der Waals surface area contributed by atoms with E-state index in [1.54, 1.807) is 43.3 Å². The van der Waals surface area contributed by atoms with E-state index in [0.717, 1.165) is 10.0 Å². The molecule has 0 saturated heterocycles. The van der Waals surface area contributed by atoms with E-state index in [0.29, 0.717) is 23.7 Å². The number of hydrogen-bond donors (Lipinski definition) is 1. The second kappa shape index (κ2) is 10.9. The lowest BCUT2D eigenvalue weighted by Gasteiger charge is -2.23. The average Bonchev–Trinajstić information content (AvgIpc) is 2.79. The van der Waals surface area contributed by atoms with Crippen LogP contribution in [0.1, 0.15) is 32.3 Å². The summed E-state index contributed by atoms with van der Waals surface area (Å²) in [5, 5.41) is 2.74. The summed E-state index contributed by atoms with van der Waals surface area (Å²) in [6, 6.07) is 20.7. The molecule has 0 aromatic heterocycles. The molecule has 0 radical (unpaired) electrons. The van der Waals surface area contributed by atoms with Gasteiger partial charge in [0.2, 0.25) is 0 Å². The molecule has 0 bridgehead atoms. The Bertz CT molecular complexity index is 1200. The number of amides is 1. The lowest BCUT2D eigenvalue weighted by atomic mass is 10.0. The van der Waals surface area contributed by atoms with Gasteiger partial charge >= 0.3 is 0 Å². The summed E-state index contributed by atoms with van der Waals surface area (Å²) in [7, 11) is -3.72. The first-order chi connectivity index (χ1) is 15.7. The quantitative estimate of drug-likeness (QED) is 0.379. The van der Waals surface area contributed by atoms with Gasteiger partial charge in [-0.3, -0.25) is 9.10 Å². The first kappa shape index (κ1) is 24.8. The number of carbonyl (C=O) groups excluding carboxylic acids is 1. The summed E-state index contributed by atoms with van der Waals surface area (Å²) in [6.07, 6.45) is 0. The molecule has 0 fully saturated rings. The Balaban J connectivity index is 1.66. The van der Waals surface area contributed by atoms with Gasteiger partial charge in [-0.25, -0.2) is 8.42 Å². The third-order valence-corrected chi connectivity index (χ3v) is 7.42. The highest BCUT2D eigenvalue weighted by molar-refractivity contribution is 9.10. The van der Waals surface area contributed by atoms with Gasteiger partial charge in [0, 0.05) is 16.7 Å². The zero-order valence-corrected chi connectivity index (χ0v) is 21.2. The van der Waals surface area contributed by atoms with Crippen LogP contribution >= 0.6 is 15.9 Å². The maximum atomic E-state index is 13.1. The monoisotopic (exact) mass is 530 g/mol. The van der Waals surface area contributed by atoms with Crippen LogP contribution in [0.5, 0.6) is 5.75 Å². The van der Waals surface area contributed by atoms with E-state index >= 15 is 0 Å². The molecule has 0 aliphatic heterocycles. The zero-order valence-electron chi connectivity index (χ0n) is 18.8. The number of anilines is 2. The topological polar surface area (TPSA) is 75.7 Å². The number of nitrogens with zero attached hydrogens (tertiary/aromatic N) is 1. The molecule has 8 heteroatoms. The third kappa shape index (κ3) is 6.15. The molecule has 1 amide bonds. The van der Waals surface area contributed by atoms with Gasteiger partial charge < -0.3 is 10.1 Å². The molecule has 0 saturated carbocycles. The summed E-state index contributed by atoms with van der Waals surface area (Å²) in [5.74, 6) is 0.571. The second-order valence-electron chi connectivity index (χ2n) is 7.70. The van der Waals surface area contributed by atoms with E-state index in [9.17, 15) is 13.2 Å². The molecule has 0 unspecified atom stereocenters. The van der Waals surface area contributed by atoms with Crippen LogP contribution in [-0.2, 0) is 14.8 Å². The van der Waals surface area contributed by atoms with Gasteiger partial charge in [0.05, 0.1) is 10.6 Å². The molecule has 3 aromatic carbocycles. The van der Waals surface area contributed by atoms with Gasteiger partial charge in [0.25, 0.3) is 15.9 Å². The highest BCUT2D eigenvalue weighted by Crippen LogP contribution is 2.29. The summed E-state index contributed by atoms with van der Waals surface area (Å²) >= 11 is 3.45. The molecule has 174 valence electrons.